The molecule has 0 atom stereocenters. The first-order valence-electron chi connectivity index (χ1n) is 5.56. The van der Waals surface area contributed by atoms with Crippen molar-refractivity contribution in [3.8, 4) is 0 Å². The molecular weight excluding hydrogens is 232 g/mol. The second kappa shape index (κ2) is 5.76. The fourth-order valence-corrected chi connectivity index (χ4v) is 1.44. The molecule has 0 saturated heterocycles. The summed E-state index contributed by atoms with van der Waals surface area (Å²) in [6.45, 7) is 2.33. The van der Waals surface area contributed by atoms with Crippen molar-refractivity contribution < 1.29 is 4.79 Å². The molecule has 2 rings (SSSR count). The number of aromatic nitrogens is 4. The van der Waals surface area contributed by atoms with E-state index in [2.05, 4.69) is 31.0 Å². The van der Waals surface area contributed by atoms with E-state index < -0.39 is 0 Å². The van der Waals surface area contributed by atoms with Gasteiger partial charge in [-0.05, 0) is 25.0 Å². The van der Waals surface area contributed by atoms with Gasteiger partial charge in [0, 0.05) is 12.7 Å². The SMILES string of the molecule is Cc1nnccc1NC(=O)NCCc1cn[nH]c1. The van der Waals surface area contributed by atoms with Gasteiger partial charge in [0.1, 0.15) is 0 Å². The minimum absolute atomic E-state index is 0.255. The first kappa shape index (κ1) is 12.0. The van der Waals surface area contributed by atoms with Crippen LogP contribution >= 0.6 is 0 Å². The van der Waals surface area contributed by atoms with Gasteiger partial charge in [0.2, 0.25) is 0 Å². The molecule has 2 aromatic rings. The van der Waals surface area contributed by atoms with Crippen LogP contribution in [0.1, 0.15) is 11.3 Å². The van der Waals surface area contributed by atoms with Crippen LogP contribution in [-0.2, 0) is 6.42 Å². The number of carbonyl (C=O) groups is 1. The number of hydrogen-bond acceptors (Lipinski definition) is 4. The van der Waals surface area contributed by atoms with Gasteiger partial charge in [0.05, 0.1) is 23.8 Å². The van der Waals surface area contributed by atoms with E-state index in [0.29, 0.717) is 17.9 Å². The number of anilines is 1. The lowest BCUT2D eigenvalue weighted by molar-refractivity contribution is 0.252. The van der Waals surface area contributed by atoms with Gasteiger partial charge in [0.25, 0.3) is 0 Å². The smallest absolute Gasteiger partial charge is 0.319 e. The van der Waals surface area contributed by atoms with Crippen LogP contribution in [0.15, 0.2) is 24.7 Å². The Morgan fingerprint density at radius 3 is 3.11 bits per heavy atom. The third-order valence-electron chi connectivity index (χ3n) is 2.41. The van der Waals surface area contributed by atoms with Crippen LogP contribution in [0, 0.1) is 6.92 Å². The number of nitrogens with one attached hydrogen (secondary N) is 3. The Labute approximate surface area is 104 Å². The maximum atomic E-state index is 11.6. The highest BCUT2D eigenvalue weighted by molar-refractivity contribution is 5.89. The fourth-order valence-electron chi connectivity index (χ4n) is 1.44. The van der Waals surface area contributed by atoms with E-state index in [-0.39, 0.29) is 6.03 Å². The van der Waals surface area contributed by atoms with E-state index in [0.717, 1.165) is 12.0 Å². The topological polar surface area (TPSA) is 95.6 Å². The molecule has 0 radical (unpaired) electrons. The predicted octanol–water partition coefficient (Wildman–Crippen LogP) is 0.872. The Morgan fingerprint density at radius 2 is 2.39 bits per heavy atom. The van der Waals surface area contributed by atoms with Crippen molar-refractivity contribution in [1.29, 1.82) is 0 Å². The zero-order valence-electron chi connectivity index (χ0n) is 9.97. The summed E-state index contributed by atoms with van der Waals surface area (Å²) in [5.74, 6) is 0. The molecule has 2 aromatic heterocycles. The molecular formula is C11H14N6O. The predicted molar refractivity (Wildman–Crippen MR) is 66.1 cm³/mol. The van der Waals surface area contributed by atoms with Crippen molar-refractivity contribution in [3.05, 3.63) is 35.9 Å². The molecule has 0 spiro atoms. The van der Waals surface area contributed by atoms with Crippen molar-refractivity contribution >= 4 is 11.7 Å². The molecule has 2 amide bonds. The van der Waals surface area contributed by atoms with Crippen LogP contribution in [-0.4, -0.2) is 33.0 Å². The van der Waals surface area contributed by atoms with Crippen LogP contribution in [0.2, 0.25) is 0 Å². The molecule has 0 aliphatic carbocycles. The Balaban J connectivity index is 1.77. The molecule has 0 aliphatic rings. The maximum absolute atomic E-state index is 11.6. The maximum Gasteiger partial charge on any atom is 0.319 e. The van der Waals surface area contributed by atoms with Crippen molar-refractivity contribution in [3.63, 3.8) is 0 Å². The second-order valence-electron chi connectivity index (χ2n) is 3.77. The molecule has 0 fully saturated rings. The summed E-state index contributed by atoms with van der Waals surface area (Å²) in [5.41, 5.74) is 2.39. The highest BCUT2D eigenvalue weighted by Crippen LogP contribution is 2.08. The number of H-pyrrole nitrogens is 1. The van der Waals surface area contributed by atoms with Crippen LogP contribution in [0.5, 0.6) is 0 Å². The van der Waals surface area contributed by atoms with E-state index in [1.807, 2.05) is 0 Å². The highest BCUT2D eigenvalue weighted by Gasteiger charge is 2.04. The number of aryl methyl sites for hydroxylation is 1. The molecule has 94 valence electrons. The van der Waals surface area contributed by atoms with E-state index >= 15 is 0 Å². The zero-order chi connectivity index (χ0) is 12.8. The number of amides is 2. The Hall–Kier alpha value is -2.44. The summed E-state index contributed by atoms with van der Waals surface area (Å²) in [5, 5.41) is 19.6. The van der Waals surface area contributed by atoms with E-state index in [1.165, 1.54) is 6.20 Å². The average molecular weight is 246 g/mol. The van der Waals surface area contributed by atoms with Crippen LogP contribution in [0.3, 0.4) is 0 Å². The number of hydrogen-bond donors (Lipinski definition) is 3. The van der Waals surface area contributed by atoms with Crippen LogP contribution in [0.4, 0.5) is 10.5 Å². The Bertz CT molecular complexity index is 510. The van der Waals surface area contributed by atoms with E-state index in [9.17, 15) is 4.79 Å². The minimum atomic E-state index is -0.255. The highest BCUT2D eigenvalue weighted by atomic mass is 16.2. The quantitative estimate of drug-likeness (QED) is 0.746. The monoisotopic (exact) mass is 246 g/mol. The molecule has 0 unspecified atom stereocenters. The summed E-state index contributed by atoms with van der Waals surface area (Å²) < 4.78 is 0. The van der Waals surface area contributed by atoms with Crippen molar-refractivity contribution in [2.24, 2.45) is 0 Å². The summed E-state index contributed by atoms with van der Waals surface area (Å²) in [7, 11) is 0. The summed E-state index contributed by atoms with van der Waals surface area (Å²) >= 11 is 0. The van der Waals surface area contributed by atoms with Gasteiger partial charge in [-0.25, -0.2) is 4.79 Å². The van der Waals surface area contributed by atoms with Gasteiger partial charge in [-0.15, -0.1) is 0 Å². The molecule has 7 heteroatoms. The summed E-state index contributed by atoms with van der Waals surface area (Å²) in [6, 6.07) is 1.45. The van der Waals surface area contributed by atoms with E-state index in [4.69, 9.17) is 0 Å². The van der Waals surface area contributed by atoms with Crippen LogP contribution < -0.4 is 10.6 Å². The molecule has 18 heavy (non-hydrogen) atoms. The lowest BCUT2D eigenvalue weighted by Gasteiger charge is -2.07. The zero-order valence-corrected chi connectivity index (χ0v) is 9.97. The molecule has 3 N–H and O–H groups in total. The summed E-state index contributed by atoms with van der Waals surface area (Å²) in [4.78, 5) is 11.6. The standard InChI is InChI=1S/C11H14N6O/c1-8-10(3-5-13-17-8)16-11(18)12-4-2-9-6-14-15-7-9/h3,5-7H,2,4H2,1H3,(H,14,15)(H2,12,13,16,18). The van der Waals surface area contributed by atoms with Gasteiger partial charge in [0.15, 0.2) is 0 Å². The summed E-state index contributed by atoms with van der Waals surface area (Å²) in [6.07, 6.45) is 5.80. The molecule has 7 nitrogen and oxygen atoms in total. The number of aromatic amines is 1. The third kappa shape index (κ3) is 3.27. The van der Waals surface area contributed by atoms with Gasteiger partial charge < -0.3 is 10.6 Å². The van der Waals surface area contributed by atoms with Crippen molar-refractivity contribution in [2.45, 2.75) is 13.3 Å². The van der Waals surface area contributed by atoms with Crippen molar-refractivity contribution in [1.82, 2.24) is 25.7 Å². The van der Waals surface area contributed by atoms with Crippen LogP contribution in [0.25, 0.3) is 0 Å². The second-order valence-corrected chi connectivity index (χ2v) is 3.77. The van der Waals surface area contributed by atoms with E-state index in [1.54, 1.807) is 25.4 Å². The van der Waals surface area contributed by atoms with Crippen molar-refractivity contribution in [2.75, 3.05) is 11.9 Å². The molecule has 2 heterocycles. The average Bonchev–Trinajstić information content (AvgIpc) is 2.85. The Kier molecular flexibility index (Phi) is 3.85. The van der Waals surface area contributed by atoms with Gasteiger partial charge in [-0.2, -0.15) is 15.3 Å². The normalized spacial score (nSPS) is 10.1. The largest absolute Gasteiger partial charge is 0.338 e. The molecule has 0 bridgehead atoms. The first-order valence-corrected chi connectivity index (χ1v) is 5.56. The number of carbonyl (C=O) groups excluding carboxylic acids is 1. The first-order chi connectivity index (χ1) is 8.75. The molecule has 0 aliphatic heterocycles. The third-order valence-corrected chi connectivity index (χ3v) is 2.41. The lowest BCUT2D eigenvalue weighted by Crippen LogP contribution is -2.30. The molecule has 0 saturated carbocycles. The van der Waals surface area contributed by atoms with Gasteiger partial charge in [-0.1, -0.05) is 0 Å². The number of nitrogens with zero attached hydrogens (tertiary/aromatic N) is 3. The lowest BCUT2D eigenvalue weighted by atomic mass is 10.2. The number of urea groups is 1. The van der Waals surface area contributed by atoms with Gasteiger partial charge in [-0.3, -0.25) is 5.10 Å². The minimum Gasteiger partial charge on any atom is -0.338 e. The number of rotatable bonds is 4. The van der Waals surface area contributed by atoms with Gasteiger partial charge >= 0.3 is 6.03 Å². The fraction of sp³-hybridized carbons (Fsp3) is 0.273. The Morgan fingerprint density at radius 1 is 1.50 bits per heavy atom. The molecule has 0 aromatic carbocycles.